The lowest BCUT2D eigenvalue weighted by molar-refractivity contribution is -0.131. The van der Waals surface area contributed by atoms with E-state index in [0.29, 0.717) is 0 Å². The van der Waals surface area contributed by atoms with Gasteiger partial charge in [0.05, 0.1) is 6.35 Å². The van der Waals surface area contributed by atoms with E-state index < -0.39 is 37.6 Å². The Labute approximate surface area is 87.6 Å². The van der Waals surface area contributed by atoms with E-state index in [2.05, 4.69) is 0 Å². The van der Waals surface area contributed by atoms with E-state index in [0.717, 1.165) is 12.2 Å². The Morgan fingerprint density at radius 1 is 1.53 bits per heavy atom. The van der Waals surface area contributed by atoms with Crippen LogP contribution in [0.1, 0.15) is 6.92 Å². The third-order valence-electron chi connectivity index (χ3n) is 1.96. The summed E-state index contributed by atoms with van der Waals surface area (Å²) in [6.07, 6.45) is 1.36. The minimum Gasteiger partial charge on any atom is -0.478 e. The first-order valence-electron chi connectivity index (χ1n) is 4.24. The van der Waals surface area contributed by atoms with Gasteiger partial charge in [0.15, 0.2) is 0 Å². The molecule has 7 heteroatoms. The van der Waals surface area contributed by atoms with Gasteiger partial charge in [0, 0.05) is 17.7 Å². The van der Waals surface area contributed by atoms with Crippen molar-refractivity contribution in [2.75, 3.05) is 6.35 Å². The van der Waals surface area contributed by atoms with Crippen LogP contribution in [-0.2, 0) is 14.2 Å². The number of aliphatic carboxylic acids is 1. The average molecular weight is 235 g/mol. The van der Waals surface area contributed by atoms with Crippen LogP contribution in [0.4, 0.5) is 0 Å². The standard InChI is InChI=1S/C8H14NO5P/c1-5(8(9)13)6(15(14)4-10)2-3-7(11)12/h2-3,5-6,10,15H,4H2,1H3,(H2,9,13)(H,11,12). The van der Waals surface area contributed by atoms with Crippen molar-refractivity contribution < 1.29 is 24.4 Å². The lowest BCUT2D eigenvalue weighted by Gasteiger charge is -2.16. The second kappa shape index (κ2) is 6.37. The summed E-state index contributed by atoms with van der Waals surface area (Å²) in [6.45, 7) is 1.44. The molecule has 4 N–H and O–H groups in total. The van der Waals surface area contributed by atoms with Crippen molar-refractivity contribution in [3.63, 3.8) is 0 Å². The fourth-order valence-electron chi connectivity index (χ4n) is 1.02. The number of nitrogens with two attached hydrogens (primary N) is 1. The highest BCUT2D eigenvalue weighted by atomic mass is 31.1. The molecular weight excluding hydrogens is 221 g/mol. The highest BCUT2D eigenvalue weighted by molar-refractivity contribution is 7.45. The van der Waals surface area contributed by atoms with Crippen LogP contribution >= 0.6 is 7.80 Å². The summed E-state index contributed by atoms with van der Waals surface area (Å²) in [5.41, 5.74) is 4.20. The second-order valence-electron chi connectivity index (χ2n) is 3.04. The molecule has 0 spiro atoms. The van der Waals surface area contributed by atoms with E-state index in [4.69, 9.17) is 15.9 Å². The van der Waals surface area contributed by atoms with E-state index in [-0.39, 0.29) is 0 Å². The van der Waals surface area contributed by atoms with Crippen LogP contribution in [0.15, 0.2) is 12.2 Å². The van der Waals surface area contributed by atoms with Gasteiger partial charge in [-0.05, 0) is 0 Å². The van der Waals surface area contributed by atoms with Gasteiger partial charge in [0.1, 0.15) is 7.80 Å². The van der Waals surface area contributed by atoms with Gasteiger partial charge in [-0.15, -0.1) is 0 Å². The number of carbonyl (C=O) groups excluding carboxylic acids is 1. The van der Waals surface area contributed by atoms with Gasteiger partial charge >= 0.3 is 5.97 Å². The van der Waals surface area contributed by atoms with E-state index in [1.807, 2.05) is 0 Å². The average Bonchev–Trinajstić information content (AvgIpc) is 2.16. The summed E-state index contributed by atoms with van der Waals surface area (Å²) in [7, 11) is -2.45. The van der Waals surface area contributed by atoms with Crippen molar-refractivity contribution in [2.45, 2.75) is 12.6 Å². The SMILES string of the molecule is CC(C(N)=O)C(C=CC(=O)O)[PH](=O)CO. The minimum atomic E-state index is -2.45. The highest BCUT2D eigenvalue weighted by Crippen LogP contribution is 2.33. The Hall–Kier alpha value is -1.13. The van der Waals surface area contributed by atoms with Crippen molar-refractivity contribution in [3.8, 4) is 0 Å². The molecule has 0 aliphatic heterocycles. The molecule has 0 aromatic carbocycles. The number of aliphatic hydroxyl groups is 1. The first-order chi connectivity index (χ1) is 6.90. The smallest absolute Gasteiger partial charge is 0.328 e. The number of carboxylic acid groups (broad SMARTS) is 1. The molecule has 0 rings (SSSR count). The van der Waals surface area contributed by atoms with Gasteiger partial charge in [0.2, 0.25) is 5.91 Å². The van der Waals surface area contributed by atoms with E-state index in [9.17, 15) is 14.2 Å². The molecule has 1 amide bonds. The van der Waals surface area contributed by atoms with Crippen LogP contribution < -0.4 is 5.73 Å². The summed E-state index contributed by atoms with van der Waals surface area (Å²) in [4.78, 5) is 21.1. The largest absolute Gasteiger partial charge is 0.478 e. The molecule has 86 valence electrons. The molecule has 0 heterocycles. The van der Waals surface area contributed by atoms with Gasteiger partial charge in [-0.25, -0.2) is 4.79 Å². The number of hydrogen-bond acceptors (Lipinski definition) is 4. The summed E-state index contributed by atoms with van der Waals surface area (Å²) < 4.78 is 11.4. The second-order valence-corrected chi connectivity index (χ2v) is 4.95. The molecule has 0 saturated heterocycles. The molecule has 0 aliphatic carbocycles. The summed E-state index contributed by atoms with van der Waals surface area (Å²) in [5.74, 6) is -2.65. The van der Waals surface area contributed by atoms with E-state index >= 15 is 0 Å². The first kappa shape index (κ1) is 13.9. The molecular formula is C8H14NO5P. The Balaban J connectivity index is 4.81. The van der Waals surface area contributed by atoms with Gasteiger partial charge < -0.3 is 20.5 Å². The fourth-order valence-corrected chi connectivity index (χ4v) is 2.26. The van der Waals surface area contributed by atoms with Gasteiger partial charge in [-0.1, -0.05) is 13.0 Å². The number of primary amides is 1. The lowest BCUT2D eigenvalue weighted by Crippen LogP contribution is -2.28. The molecule has 3 atom stereocenters. The van der Waals surface area contributed by atoms with Crippen molar-refractivity contribution >= 4 is 19.7 Å². The Bertz CT molecular complexity index is 301. The van der Waals surface area contributed by atoms with Crippen LogP contribution in [0.25, 0.3) is 0 Å². The van der Waals surface area contributed by atoms with E-state index in [1.54, 1.807) is 0 Å². The Kier molecular flexibility index (Phi) is 5.89. The number of amides is 1. The molecule has 3 unspecified atom stereocenters. The molecule has 6 nitrogen and oxygen atoms in total. The van der Waals surface area contributed by atoms with Crippen molar-refractivity contribution in [3.05, 3.63) is 12.2 Å². The summed E-state index contributed by atoms with van der Waals surface area (Å²) in [5, 5.41) is 17.1. The maximum Gasteiger partial charge on any atom is 0.328 e. The number of carbonyl (C=O) groups is 2. The fraction of sp³-hybridized carbons (Fsp3) is 0.500. The normalized spacial score (nSPS) is 17.2. The number of rotatable bonds is 6. The number of carboxylic acids is 1. The molecule has 0 aromatic heterocycles. The zero-order chi connectivity index (χ0) is 12.0. The predicted octanol–water partition coefficient (Wildman–Crippen LogP) is -0.373. The van der Waals surface area contributed by atoms with Gasteiger partial charge in [-0.2, -0.15) is 0 Å². The number of hydrogen-bond donors (Lipinski definition) is 3. The van der Waals surface area contributed by atoms with Crippen molar-refractivity contribution in [1.82, 2.24) is 0 Å². The maximum atomic E-state index is 11.4. The van der Waals surface area contributed by atoms with Gasteiger partial charge in [0.25, 0.3) is 0 Å². The minimum absolute atomic E-state index is 0.573. The molecule has 0 radical (unpaired) electrons. The molecule has 0 fully saturated rings. The van der Waals surface area contributed by atoms with Crippen LogP contribution in [0.2, 0.25) is 0 Å². The molecule has 0 bridgehead atoms. The monoisotopic (exact) mass is 235 g/mol. The number of aliphatic hydroxyl groups excluding tert-OH is 1. The maximum absolute atomic E-state index is 11.4. The first-order valence-corrected chi connectivity index (χ1v) is 5.93. The summed E-state index contributed by atoms with van der Waals surface area (Å²) in [6, 6.07) is 0. The van der Waals surface area contributed by atoms with Crippen LogP contribution in [0, 0.1) is 5.92 Å². The molecule has 0 aliphatic rings. The zero-order valence-corrected chi connectivity index (χ0v) is 9.21. The predicted molar refractivity (Wildman–Crippen MR) is 55.0 cm³/mol. The van der Waals surface area contributed by atoms with E-state index in [1.165, 1.54) is 6.92 Å². The third-order valence-corrected chi connectivity index (χ3v) is 3.71. The lowest BCUT2D eigenvalue weighted by atomic mass is 10.1. The Morgan fingerprint density at radius 2 is 2.07 bits per heavy atom. The summed E-state index contributed by atoms with van der Waals surface area (Å²) >= 11 is 0. The van der Waals surface area contributed by atoms with Crippen molar-refractivity contribution in [2.24, 2.45) is 11.7 Å². The zero-order valence-electron chi connectivity index (χ0n) is 8.21. The molecule has 15 heavy (non-hydrogen) atoms. The van der Waals surface area contributed by atoms with Crippen LogP contribution in [-0.4, -0.2) is 34.1 Å². The van der Waals surface area contributed by atoms with Crippen LogP contribution in [0.3, 0.4) is 0 Å². The third kappa shape index (κ3) is 4.76. The molecule has 0 aromatic rings. The van der Waals surface area contributed by atoms with Gasteiger partial charge in [-0.3, -0.25) is 4.79 Å². The quantitative estimate of drug-likeness (QED) is 0.428. The van der Waals surface area contributed by atoms with Crippen LogP contribution in [0.5, 0.6) is 0 Å². The number of allylic oxidation sites excluding steroid dienone is 1. The highest BCUT2D eigenvalue weighted by Gasteiger charge is 2.24. The van der Waals surface area contributed by atoms with Crippen molar-refractivity contribution in [1.29, 1.82) is 0 Å². The Morgan fingerprint density at radius 3 is 2.40 bits per heavy atom. The molecule has 0 saturated carbocycles. The topological polar surface area (TPSA) is 118 Å².